The first kappa shape index (κ1) is 24.9. The Hall–Kier alpha value is -2.72. The predicted molar refractivity (Wildman–Crippen MR) is 117 cm³/mol. The highest BCUT2D eigenvalue weighted by molar-refractivity contribution is 7.99. The van der Waals surface area contributed by atoms with Crippen LogP contribution in [0, 0.1) is 11.2 Å². The lowest BCUT2D eigenvalue weighted by atomic mass is 9.99. The molecule has 1 aromatic heterocycles. The summed E-state index contributed by atoms with van der Waals surface area (Å²) in [6.45, 7) is 6.03. The highest BCUT2D eigenvalue weighted by Gasteiger charge is 2.31. The van der Waals surface area contributed by atoms with Crippen molar-refractivity contribution in [3.05, 3.63) is 70.0 Å². The van der Waals surface area contributed by atoms with Crippen molar-refractivity contribution in [2.45, 2.75) is 37.1 Å². The molecule has 2 aromatic carbocycles. The second kappa shape index (κ2) is 9.64. The summed E-state index contributed by atoms with van der Waals surface area (Å²) in [6.07, 6.45) is -2.10. The lowest BCUT2D eigenvalue weighted by Crippen LogP contribution is -2.21. The number of hydrogen-bond acceptors (Lipinski definition) is 5. The summed E-state index contributed by atoms with van der Waals surface area (Å²) in [5, 5.41) is 0.0407. The summed E-state index contributed by atoms with van der Waals surface area (Å²) in [7, 11) is 0. The third kappa shape index (κ3) is 6.88. The van der Waals surface area contributed by atoms with Crippen LogP contribution in [0.4, 0.5) is 17.6 Å². The van der Waals surface area contributed by atoms with E-state index in [0.29, 0.717) is 4.90 Å². The average molecular weight is 503 g/mol. The molecule has 0 saturated heterocycles. The van der Waals surface area contributed by atoms with Crippen LogP contribution >= 0.6 is 23.4 Å². The third-order valence-corrected chi connectivity index (χ3v) is 5.25. The van der Waals surface area contributed by atoms with E-state index in [1.54, 1.807) is 0 Å². The molecule has 176 valence electrons. The van der Waals surface area contributed by atoms with Crippen molar-refractivity contribution in [3.63, 3.8) is 0 Å². The number of alkyl halides is 3. The van der Waals surface area contributed by atoms with Gasteiger partial charge < -0.3 is 9.47 Å². The van der Waals surface area contributed by atoms with E-state index in [4.69, 9.17) is 16.3 Å². The SMILES string of the molecule is CC(C)(C)COc1c(F)cc(-n2ccnc(Sc3ccc(OC(F)(F)F)cc3)c2=O)cc1Cl. The van der Waals surface area contributed by atoms with Gasteiger partial charge in [0.15, 0.2) is 16.6 Å². The van der Waals surface area contributed by atoms with Gasteiger partial charge in [-0.1, -0.05) is 44.1 Å². The van der Waals surface area contributed by atoms with E-state index in [-0.39, 0.29) is 39.3 Å². The second-order valence-electron chi connectivity index (χ2n) is 8.12. The van der Waals surface area contributed by atoms with Crippen LogP contribution in [0.25, 0.3) is 5.69 Å². The zero-order valence-corrected chi connectivity index (χ0v) is 19.3. The Labute approximate surface area is 196 Å². The monoisotopic (exact) mass is 502 g/mol. The van der Waals surface area contributed by atoms with Crippen LogP contribution in [0.3, 0.4) is 0 Å². The van der Waals surface area contributed by atoms with Crippen molar-refractivity contribution in [1.29, 1.82) is 0 Å². The molecule has 0 radical (unpaired) electrons. The zero-order chi connectivity index (χ0) is 24.4. The van der Waals surface area contributed by atoms with Gasteiger partial charge in [0.1, 0.15) is 5.75 Å². The molecule has 0 atom stereocenters. The Bertz CT molecular complexity index is 1170. The molecule has 3 rings (SSSR count). The number of aromatic nitrogens is 2. The molecular formula is C22H19ClF4N2O3S. The fraction of sp³-hybridized carbons (Fsp3) is 0.273. The summed E-state index contributed by atoms with van der Waals surface area (Å²) in [5.41, 5.74) is -0.597. The summed E-state index contributed by atoms with van der Waals surface area (Å²) >= 11 is 7.14. The number of halogens is 5. The minimum absolute atomic E-state index is 0.00687. The number of rotatable bonds is 6. The number of hydrogen-bond donors (Lipinski definition) is 0. The van der Waals surface area contributed by atoms with Crippen LogP contribution in [-0.2, 0) is 0 Å². The van der Waals surface area contributed by atoms with Crippen molar-refractivity contribution in [2.24, 2.45) is 5.41 Å². The van der Waals surface area contributed by atoms with Crippen molar-refractivity contribution < 1.29 is 27.0 Å². The van der Waals surface area contributed by atoms with Gasteiger partial charge in [0, 0.05) is 23.4 Å². The molecule has 11 heteroatoms. The first-order valence-corrected chi connectivity index (χ1v) is 10.8. The summed E-state index contributed by atoms with van der Waals surface area (Å²) in [4.78, 5) is 17.4. The first-order chi connectivity index (χ1) is 15.3. The summed E-state index contributed by atoms with van der Waals surface area (Å²) < 4.78 is 62.1. The van der Waals surface area contributed by atoms with E-state index >= 15 is 0 Å². The molecular weight excluding hydrogens is 484 g/mol. The predicted octanol–water partition coefficient (Wildman–Crippen LogP) is 6.50. The quantitative estimate of drug-likeness (QED) is 0.360. The van der Waals surface area contributed by atoms with E-state index in [1.165, 1.54) is 35.2 Å². The standard InChI is InChI=1S/C22H19ClF4N2O3S/c1-21(2,3)12-31-18-16(23)10-13(11-17(18)24)29-9-8-28-19(20(29)30)33-15-6-4-14(5-7-15)32-22(25,26)27/h4-11H,12H2,1-3H3. The maximum absolute atomic E-state index is 14.7. The molecule has 0 unspecified atom stereocenters. The number of ether oxygens (including phenoxy) is 2. The van der Waals surface area contributed by atoms with Gasteiger partial charge in [-0.05, 0) is 35.7 Å². The maximum atomic E-state index is 14.7. The summed E-state index contributed by atoms with van der Waals surface area (Å²) in [6, 6.07) is 7.51. The van der Waals surface area contributed by atoms with Gasteiger partial charge in [-0.25, -0.2) is 9.37 Å². The second-order valence-corrected chi connectivity index (χ2v) is 9.59. The molecule has 0 bridgehead atoms. The normalized spacial score (nSPS) is 12.0. The van der Waals surface area contributed by atoms with Crippen molar-refractivity contribution in [1.82, 2.24) is 9.55 Å². The van der Waals surface area contributed by atoms with E-state index < -0.39 is 17.7 Å². The molecule has 0 aliphatic carbocycles. The molecule has 0 amide bonds. The highest BCUT2D eigenvalue weighted by atomic mass is 35.5. The minimum Gasteiger partial charge on any atom is -0.488 e. The van der Waals surface area contributed by atoms with Gasteiger partial charge in [0.25, 0.3) is 5.56 Å². The van der Waals surface area contributed by atoms with Crippen LogP contribution in [0.5, 0.6) is 11.5 Å². The topological polar surface area (TPSA) is 53.4 Å². The van der Waals surface area contributed by atoms with Crippen LogP contribution in [-0.4, -0.2) is 22.5 Å². The molecule has 5 nitrogen and oxygen atoms in total. The average Bonchev–Trinajstić information content (AvgIpc) is 2.68. The molecule has 3 aromatic rings. The summed E-state index contributed by atoms with van der Waals surface area (Å²) in [5.74, 6) is -1.21. The molecule has 0 saturated carbocycles. The van der Waals surface area contributed by atoms with Gasteiger partial charge in [-0.2, -0.15) is 0 Å². The van der Waals surface area contributed by atoms with Crippen LogP contribution < -0.4 is 15.0 Å². The Kier molecular flexibility index (Phi) is 7.28. The molecule has 0 N–H and O–H groups in total. The third-order valence-electron chi connectivity index (χ3n) is 3.99. The molecule has 0 aliphatic heterocycles. The largest absolute Gasteiger partial charge is 0.573 e. The molecule has 0 fully saturated rings. The van der Waals surface area contributed by atoms with E-state index in [1.807, 2.05) is 20.8 Å². The van der Waals surface area contributed by atoms with Crippen LogP contribution in [0.2, 0.25) is 5.02 Å². The van der Waals surface area contributed by atoms with Crippen molar-refractivity contribution in [2.75, 3.05) is 6.61 Å². The van der Waals surface area contributed by atoms with Crippen LogP contribution in [0.1, 0.15) is 20.8 Å². The fourth-order valence-corrected chi connectivity index (χ4v) is 3.65. The zero-order valence-electron chi connectivity index (χ0n) is 17.7. The van der Waals surface area contributed by atoms with Crippen molar-refractivity contribution in [3.8, 4) is 17.2 Å². The van der Waals surface area contributed by atoms with Gasteiger partial charge in [0.2, 0.25) is 0 Å². The number of nitrogens with zero attached hydrogens (tertiary/aromatic N) is 2. The molecule has 33 heavy (non-hydrogen) atoms. The Morgan fingerprint density at radius 3 is 2.36 bits per heavy atom. The van der Waals surface area contributed by atoms with Crippen LogP contribution in [0.15, 0.2) is 63.5 Å². The van der Waals surface area contributed by atoms with E-state index in [9.17, 15) is 22.4 Å². The van der Waals surface area contributed by atoms with Gasteiger partial charge >= 0.3 is 6.36 Å². The maximum Gasteiger partial charge on any atom is 0.573 e. The molecule has 0 aliphatic rings. The smallest absolute Gasteiger partial charge is 0.488 e. The Balaban J connectivity index is 1.85. The van der Waals surface area contributed by atoms with E-state index in [0.717, 1.165) is 30.0 Å². The molecule has 1 heterocycles. The molecule has 0 spiro atoms. The Morgan fingerprint density at radius 1 is 1.12 bits per heavy atom. The Morgan fingerprint density at radius 2 is 1.79 bits per heavy atom. The number of benzene rings is 2. The highest BCUT2D eigenvalue weighted by Crippen LogP contribution is 2.32. The van der Waals surface area contributed by atoms with Gasteiger partial charge in [-0.15, -0.1) is 13.2 Å². The lowest BCUT2D eigenvalue weighted by molar-refractivity contribution is -0.274. The van der Waals surface area contributed by atoms with Gasteiger partial charge in [-0.3, -0.25) is 9.36 Å². The minimum atomic E-state index is -4.80. The van der Waals surface area contributed by atoms with Gasteiger partial charge in [0.05, 0.1) is 17.3 Å². The van der Waals surface area contributed by atoms with E-state index in [2.05, 4.69) is 9.72 Å². The first-order valence-electron chi connectivity index (χ1n) is 9.56. The lowest BCUT2D eigenvalue weighted by Gasteiger charge is -2.20. The fourth-order valence-electron chi connectivity index (χ4n) is 2.60. The van der Waals surface area contributed by atoms with Crippen molar-refractivity contribution >= 4 is 23.4 Å².